The molecule has 1 heterocycles. The second-order valence-corrected chi connectivity index (χ2v) is 5.29. The highest BCUT2D eigenvalue weighted by Crippen LogP contribution is 2.32. The maximum atomic E-state index is 11.8. The van der Waals surface area contributed by atoms with Crippen molar-refractivity contribution >= 4 is 22.4 Å². The number of aromatic hydroxyl groups is 1. The van der Waals surface area contributed by atoms with Gasteiger partial charge in [-0.3, -0.25) is 9.36 Å². The molecule has 0 atom stereocenters. The molecule has 124 valence electrons. The molecule has 0 saturated carbocycles. The topological polar surface area (TPSA) is 134 Å². The van der Waals surface area contributed by atoms with Gasteiger partial charge in [0, 0.05) is 18.7 Å². The average Bonchev–Trinajstić information content (AvgIpc) is 2.53. The van der Waals surface area contributed by atoms with Crippen molar-refractivity contribution in [2.45, 2.75) is 6.92 Å². The molecule has 2 rings (SSSR count). The van der Waals surface area contributed by atoms with Gasteiger partial charge >= 0.3 is 0 Å². The Morgan fingerprint density at radius 2 is 2.04 bits per heavy atom. The van der Waals surface area contributed by atoms with Crippen LogP contribution in [0, 0.1) is 18.3 Å². The molecule has 0 spiro atoms. The first kappa shape index (κ1) is 17.2. The first-order chi connectivity index (χ1) is 11.3. The zero-order valence-corrected chi connectivity index (χ0v) is 13.5. The van der Waals surface area contributed by atoms with Crippen LogP contribution in [0.3, 0.4) is 0 Å². The second-order valence-electron chi connectivity index (χ2n) is 4.66. The van der Waals surface area contributed by atoms with Gasteiger partial charge in [-0.25, -0.2) is 0 Å². The van der Waals surface area contributed by atoms with E-state index in [-0.39, 0.29) is 28.3 Å². The van der Waals surface area contributed by atoms with Gasteiger partial charge in [-0.15, -0.1) is 5.11 Å². The van der Waals surface area contributed by atoms with Crippen LogP contribution in [0.5, 0.6) is 11.6 Å². The Hall–Kier alpha value is -3.19. The summed E-state index contributed by atoms with van der Waals surface area (Å²) in [5.41, 5.74) is -0.368. The van der Waals surface area contributed by atoms with Crippen molar-refractivity contribution in [3.63, 3.8) is 0 Å². The van der Waals surface area contributed by atoms with E-state index >= 15 is 0 Å². The zero-order chi connectivity index (χ0) is 17.9. The van der Waals surface area contributed by atoms with Crippen molar-refractivity contribution in [1.82, 2.24) is 4.57 Å². The number of nitriles is 1. The third kappa shape index (κ3) is 3.41. The minimum absolute atomic E-state index is 0.0325. The lowest BCUT2D eigenvalue weighted by molar-refractivity contribution is 0.424. The van der Waals surface area contributed by atoms with Gasteiger partial charge in [0.2, 0.25) is 5.88 Å². The molecule has 2 aromatic rings. The van der Waals surface area contributed by atoms with Gasteiger partial charge in [-0.05, 0) is 19.1 Å². The van der Waals surface area contributed by atoms with Crippen LogP contribution in [0.1, 0.15) is 11.1 Å². The fourth-order valence-corrected chi connectivity index (χ4v) is 2.20. The quantitative estimate of drug-likeness (QED) is 0.636. The van der Waals surface area contributed by atoms with Crippen molar-refractivity contribution in [1.29, 1.82) is 5.26 Å². The van der Waals surface area contributed by atoms with E-state index in [1.807, 2.05) is 0 Å². The highest BCUT2D eigenvalue weighted by Gasteiger charge is 2.16. The number of pyridine rings is 1. The first-order valence-electron chi connectivity index (χ1n) is 6.52. The van der Waals surface area contributed by atoms with E-state index in [1.54, 1.807) is 6.07 Å². The maximum Gasteiger partial charge on any atom is 0.299 e. The van der Waals surface area contributed by atoms with Gasteiger partial charge < -0.3 is 9.29 Å². The molecule has 0 radical (unpaired) electrons. The monoisotopic (exact) mass is 348 g/mol. The Kier molecular flexibility index (Phi) is 4.96. The van der Waals surface area contributed by atoms with Crippen molar-refractivity contribution < 1.29 is 17.7 Å². The highest BCUT2D eigenvalue weighted by atomic mass is 32.2. The number of thiol groups is 1. The van der Waals surface area contributed by atoms with E-state index in [4.69, 9.17) is 5.26 Å². The molecular weight excluding hydrogens is 336 g/mol. The number of aromatic nitrogens is 1. The fraction of sp³-hybridized carbons (Fsp3) is 0.143. The van der Waals surface area contributed by atoms with Crippen molar-refractivity contribution in [2.24, 2.45) is 17.3 Å². The van der Waals surface area contributed by atoms with Crippen LogP contribution < -0.4 is 9.74 Å². The number of azo groups is 1. The van der Waals surface area contributed by atoms with Gasteiger partial charge in [0.25, 0.3) is 16.5 Å². The van der Waals surface area contributed by atoms with Gasteiger partial charge in [0.05, 0.1) is 5.69 Å². The van der Waals surface area contributed by atoms with Gasteiger partial charge in [0.1, 0.15) is 17.4 Å². The predicted octanol–water partition coefficient (Wildman–Crippen LogP) is 1.59. The third-order valence-corrected chi connectivity index (χ3v) is 3.51. The molecule has 1 N–H and O–H groups in total. The van der Waals surface area contributed by atoms with E-state index in [2.05, 4.69) is 14.4 Å². The highest BCUT2D eigenvalue weighted by molar-refractivity contribution is 7.67. The predicted molar refractivity (Wildman–Crippen MR) is 84.4 cm³/mol. The summed E-state index contributed by atoms with van der Waals surface area (Å²) in [6.45, 7) is 1.47. The molecule has 0 aliphatic carbocycles. The van der Waals surface area contributed by atoms with Gasteiger partial charge in [-0.2, -0.15) is 18.8 Å². The van der Waals surface area contributed by atoms with Crippen molar-refractivity contribution in [2.75, 3.05) is 0 Å². The molecule has 0 saturated heterocycles. The smallest absolute Gasteiger partial charge is 0.299 e. The van der Waals surface area contributed by atoms with E-state index in [0.717, 1.165) is 4.57 Å². The Labute approximate surface area is 138 Å². The summed E-state index contributed by atoms with van der Waals surface area (Å²) in [6.07, 6.45) is 0. The average molecular weight is 348 g/mol. The minimum atomic E-state index is -3.05. The molecule has 0 amide bonds. The van der Waals surface area contributed by atoms with Crippen LogP contribution in [-0.2, 0) is 18.0 Å². The maximum absolute atomic E-state index is 11.8. The largest absolute Gasteiger partial charge is 0.493 e. The third-order valence-electron chi connectivity index (χ3n) is 3.15. The van der Waals surface area contributed by atoms with Crippen molar-refractivity contribution in [3.05, 3.63) is 45.7 Å². The summed E-state index contributed by atoms with van der Waals surface area (Å²) >= 11 is 0. The summed E-state index contributed by atoms with van der Waals surface area (Å²) in [5.74, 6) is -0.378. The molecule has 10 heteroatoms. The number of hydrogen-bond acceptors (Lipinski definition) is 8. The Morgan fingerprint density at radius 1 is 1.33 bits per heavy atom. The zero-order valence-electron chi connectivity index (χ0n) is 12.6. The first-order valence-corrected chi connectivity index (χ1v) is 7.61. The molecular formula is C14H12N4O5S. The lowest BCUT2D eigenvalue weighted by atomic mass is 10.1. The SMILES string of the molecule is Cc1c(/N=N/c2cccc(O[SH](=O)=O)c2)c(O)n(C)c(=O)c1C#N. The summed E-state index contributed by atoms with van der Waals surface area (Å²) < 4.78 is 26.5. The molecule has 0 fully saturated rings. The molecule has 9 nitrogen and oxygen atoms in total. The van der Waals surface area contributed by atoms with Gasteiger partial charge in [0.15, 0.2) is 5.69 Å². The Balaban J connectivity index is 2.49. The van der Waals surface area contributed by atoms with Crippen LogP contribution >= 0.6 is 0 Å². The lowest BCUT2D eigenvalue weighted by Crippen LogP contribution is -2.20. The van der Waals surface area contributed by atoms with Crippen LogP contribution in [0.4, 0.5) is 11.4 Å². The molecule has 24 heavy (non-hydrogen) atoms. The van der Waals surface area contributed by atoms with E-state index < -0.39 is 22.4 Å². The Bertz CT molecular complexity index is 993. The molecule has 1 aromatic carbocycles. The number of rotatable bonds is 4. The van der Waals surface area contributed by atoms with Gasteiger partial charge in [-0.1, -0.05) is 6.07 Å². The normalized spacial score (nSPS) is 10.9. The number of nitrogens with zero attached hydrogens (tertiary/aromatic N) is 4. The van der Waals surface area contributed by atoms with Crippen LogP contribution in [0.15, 0.2) is 39.3 Å². The Morgan fingerprint density at radius 3 is 2.67 bits per heavy atom. The fourth-order valence-electron chi connectivity index (χ4n) is 1.92. The number of hydrogen-bond donors (Lipinski definition) is 2. The molecule has 0 aliphatic rings. The minimum Gasteiger partial charge on any atom is -0.493 e. The summed E-state index contributed by atoms with van der Waals surface area (Å²) in [5, 5.41) is 26.8. The van der Waals surface area contributed by atoms with Crippen LogP contribution in [0.2, 0.25) is 0 Å². The van der Waals surface area contributed by atoms with E-state index in [0.29, 0.717) is 0 Å². The summed E-state index contributed by atoms with van der Waals surface area (Å²) in [6, 6.07) is 7.56. The van der Waals surface area contributed by atoms with Crippen LogP contribution in [-0.4, -0.2) is 18.1 Å². The summed E-state index contributed by atoms with van der Waals surface area (Å²) in [7, 11) is -1.75. The lowest BCUT2D eigenvalue weighted by Gasteiger charge is -2.08. The van der Waals surface area contributed by atoms with Crippen molar-refractivity contribution in [3.8, 4) is 17.7 Å². The number of benzene rings is 1. The molecule has 1 aromatic heterocycles. The standard InChI is InChI=1S/C14H12N4O5S/c1-8-11(7-15)13(19)18(2)14(20)12(8)17-16-9-4-3-5-10(6-9)23-24(21)22/h3-6,20,24H,1-2H3/b17-16+. The van der Waals surface area contributed by atoms with E-state index in [1.165, 1.54) is 38.2 Å². The molecule has 0 bridgehead atoms. The summed E-state index contributed by atoms with van der Waals surface area (Å²) in [4.78, 5) is 11.8. The molecule has 0 unspecified atom stereocenters. The second kappa shape index (κ2) is 6.93. The van der Waals surface area contributed by atoms with E-state index in [9.17, 15) is 18.3 Å². The molecule has 0 aliphatic heterocycles. The van der Waals surface area contributed by atoms with Crippen LogP contribution in [0.25, 0.3) is 0 Å².